The van der Waals surface area contributed by atoms with Crippen LogP contribution >= 0.6 is 11.6 Å². The molecular weight excluding hydrogens is 514 g/mol. The van der Waals surface area contributed by atoms with E-state index < -0.39 is 29.1 Å². The van der Waals surface area contributed by atoms with Gasteiger partial charge in [0.05, 0.1) is 30.2 Å². The fourth-order valence-electron chi connectivity index (χ4n) is 5.56. The molecule has 4 rings (SSSR count). The summed E-state index contributed by atoms with van der Waals surface area (Å²) in [6.45, 7) is 2.07. The molecule has 6 nitrogen and oxygen atoms in total. The van der Waals surface area contributed by atoms with E-state index in [1.165, 1.54) is 24.4 Å². The number of pyridine rings is 1. The van der Waals surface area contributed by atoms with Crippen LogP contribution in [0, 0.1) is 17.0 Å². The van der Waals surface area contributed by atoms with Gasteiger partial charge < -0.3 is 19.8 Å². The van der Waals surface area contributed by atoms with Gasteiger partial charge in [0.2, 0.25) is 0 Å². The zero-order valence-electron chi connectivity index (χ0n) is 21.4. The van der Waals surface area contributed by atoms with E-state index in [0.717, 1.165) is 0 Å². The molecule has 3 aromatic rings. The van der Waals surface area contributed by atoms with Crippen molar-refractivity contribution in [1.29, 1.82) is 0 Å². The van der Waals surface area contributed by atoms with E-state index in [0.29, 0.717) is 85.4 Å². The first kappa shape index (κ1) is 28.2. The van der Waals surface area contributed by atoms with Crippen molar-refractivity contribution in [2.45, 2.75) is 51.0 Å². The molecule has 0 saturated carbocycles. The Morgan fingerprint density at radius 2 is 1.92 bits per heavy atom. The Morgan fingerprint density at radius 1 is 1.21 bits per heavy atom. The molecule has 1 aromatic heterocycles. The highest BCUT2D eigenvalue weighted by Crippen LogP contribution is 2.43. The lowest BCUT2D eigenvalue weighted by Gasteiger charge is -2.41. The Labute approximate surface area is 226 Å². The SMILES string of the molecule is COc1ccc2ncc(Cl)c([C@H](O)CCC3(CC(=O)O)CCN(CCCc4c(F)cccc4F)CC3)c2c1. The van der Waals surface area contributed by atoms with Gasteiger partial charge in [-0.15, -0.1) is 0 Å². The summed E-state index contributed by atoms with van der Waals surface area (Å²) in [6, 6.07) is 9.30. The molecule has 2 N–H and O–H groups in total. The standard InChI is InChI=1S/C29H33ClF2N2O4/c1-38-19-7-8-25-21(16-19)28(22(30)18-33-25)26(35)9-10-29(17-27(36)37)11-14-34(15-12-29)13-3-4-20-23(31)5-2-6-24(20)32/h2,5-8,16,18,26,35H,3-4,9-15,17H2,1H3,(H,36,37)/t26-/m1/s1. The van der Waals surface area contributed by atoms with E-state index >= 15 is 0 Å². The molecule has 0 radical (unpaired) electrons. The highest BCUT2D eigenvalue weighted by atomic mass is 35.5. The summed E-state index contributed by atoms with van der Waals surface area (Å²) in [7, 11) is 1.56. The number of nitrogens with zero attached hydrogens (tertiary/aromatic N) is 2. The molecule has 38 heavy (non-hydrogen) atoms. The van der Waals surface area contributed by atoms with Gasteiger partial charge >= 0.3 is 5.97 Å². The van der Waals surface area contributed by atoms with E-state index in [4.69, 9.17) is 16.3 Å². The lowest BCUT2D eigenvalue weighted by atomic mass is 9.71. The van der Waals surface area contributed by atoms with E-state index in [1.807, 2.05) is 6.07 Å². The van der Waals surface area contributed by atoms with Crippen molar-refractivity contribution < 1.29 is 28.5 Å². The molecule has 2 heterocycles. The lowest BCUT2D eigenvalue weighted by Crippen LogP contribution is -2.41. The van der Waals surface area contributed by atoms with Gasteiger partial charge in [-0.3, -0.25) is 9.78 Å². The molecule has 0 spiro atoms. The number of benzene rings is 2. The maximum atomic E-state index is 13.9. The molecule has 1 aliphatic heterocycles. The third kappa shape index (κ3) is 6.60. The van der Waals surface area contributed by atoms with Crippen molar-refractivity contribution in [3.8, 4) is 5.75 Å². The maximum absolute atomic E-state index is 13.9. The highest BCUT2D eigenvalue weighted by molar-refractivity contribution is 6.32. The first-order chi connectivity index (χ1) is 18.2. The summed E-state index contributed by atoms with van der Waals surface area (Å²) in [4.78, 5) is 18.3. The molecule has 0 amide bonds. The summed E-state index contributed by atoms with van der Waals surface area (Å²) in [5, 5.41) is 21.9. The van der Waals surface area contributed by atoms with Crippen LogP contribution in [0.3, 0.4) is 0 Å². The molecule has 1 aliphatic rings. The molecule has 0 bridgehead atoms. The Hall–Kier alpha value is -2.81. The molecule has 204 valence electrons. The monoisotopic (exact) mass is 546 g/mol. The smallest absolute Gasteiger partial charge is 0.303 e. The zero-order chi connectivity index (χ0) is 27.3. The Morgan fingerprint density at radius 3 is 2.58 bits per heavy atom. The van der Waals surface area contributed by atoms with Gasteiger partial charge in [-0.2, -0.15) is 0 Å². The fourth-order valence-corrected chi connectivity index (χ4v) is 5.83. The Bertz CT molecular complexity index is 1260. The third-order valence-corrected chi connectivity index (χ3v) is 8.06. The number of halogens is 3. The molecule has 1 fully saturated rings. The van der Waals surface area contributed by atoms with E-state index in [2.05, 4.69) is 9.88 Å². The lowest BCUT2D eigenvalue weighted by molar-refractivity contribution is -0.141. The topological polar surface area (TPSA) is 82.9 Å². The number of likely N-dealkylation sites (tertiary alicyclic amines) is 1. The number of aliphatic hydroxyl groups is 1. The van der Waals surface area contributed by atoms with E-state index in [9.17, 15) is 23.8 Å². The predicted octanol–water partition coefficient (Wildman–Crippen LogP) is 6.18. The van der Waals surface area contributed by atoms with E-state index in [-0.39, 0.29) is 12.0 Å². The zero-order valence-corrected chi connectivity index (χ0v) is 22.2. The van der Waals surface area contributed by atoms with Crippen molar-refractivity contribution in [3.63, 3.8) is 0 Å². The van der Waals surface area contributed by atoms with Crippen LogP contribution in [0.2, 0.25) is 5.02 Å². The largest absolute Gasteiger partial charge is 0.497 e. The first-order valence-corrected chi connectivity index (χ1v) is 13.3. The van der Waals surface area contributed by atoms with E-state index in [1.54, 1.807) is 19.2 Å². The number of carbonyl (C=O) groups is 1. The first-order valence-electron chi connectivity index (χ1n) is 12.9. The molecule has 9 heteroatoms. The number of methoxy groups -OCH3 is 1. The number of piperidine rings is 1. The molecule has 2 aromatic carbocycles. The Balaban J connectivity index is 1.39. The van der Waals surface area contributed by atoms with Crippen molar-refractivity contribution >= 4 is 28.5 Å². The second kappa shape index (κ2) is 12.4. The van der Waals surface area contributed by atoms with Crippen molar-refractivity contribution in [1.82, 2.24) is 9.88 Å². The van der Waals surface area contributed by atoms with Gasteiger partial charge in [0.1, 0.15) is 17.4 Å². The number of aromatic nitrogens is 1. The third-order valence-electron chi connectivity index (χ3n) is 7.76. The second-order valence-corrected chi connectivity index (χ2v) is 10.6. The normalized spacial score (nSPS) is 16.4. The average molecular weight is 547 g/mol. The Kier molecular flexibility index (Phi) is 9.18. The summed E-state index contributed by atoms with van der Waals surface area (Å²) >= 11 is 6.45. The fraction of sp³-hybridized carbons (Fsp3) is 0.448. The number of carboxylic acids is 1. The quantitative estimate of drug-likeness (QED) is 0.299. The number of carboxylic acid groups (broad SMARTS) is 1. The molecular formula is C29H33ClF2N2O4. The van der Waals surface area contributed by atoms with Crippen LogP contribution in [0.1, 0.15) is 55.8 Å². The number of aliphatic carboxylic acids is 1. The summed E-state index contributed by atoms with van der Waals surface area (Å²) in [5.41, 5.74) is 0.916. The van der Waals surface area contributed by atoms with Gasteiger partial charge in [-0.1, -0.05) is 17.7 Å². The van der Waals surface area contributed by atoms with Crippen LogP contribution in [0.25, 0.3) is 10.9 Å². The number of hydrogen-bond acceptors (Lipinski definition) is 5. The van der Waals surface area contributed by atoms with Crippen LogP contribution in [-0.4, -0.2) is 52.8 Å². The van der Waals surface area contributed by atoms with Crippen LogP contribution < -0.4 is 4.74 Å². The second-order valence-electron chi connectivity index (χ2n) is 10.2. The number of hydrogen-bond donors (Lipinski definition) is 2. The molecule has 1 saturated heterocycles. The number of aliphatic hydroxyl groups excluding tert-OH is 1. The average Bonchev–Trinajstić information content (AvgIpc) is 2.89. The maximum Gasteiger partial charge on any atom is 0.303 e. The number of fused-ring (bicyclic) bond motifs is 1. The summed E-state index contributed by atoms with van der Waals surface area (Å²) in [6.07, 6.45) is 3.79. The highest BCUT2D eigenvalue weighted by Gasteiger charge is 2.37. The minimum atomic E-state index is -0.889. The predicted molar refractivity (Wildman–Crippen MR) is 143 cm³/mol. The van der Waals surface area contributed by atoms with Crippen molar-refractivity contribution in [3.05, 3.63) is 70.4 Å². The number of ether oxygens (including phenoxy) is 1. The minimum absolute atomic E-state index is 0.0205. The molecule has 0 unspecified atom stereocenters. The van der Waals surface area contributed by atoms with Gasteiger partial charge in [0.15, 0.2) is 0 Å². The van der Waals surface area contributed by atoms with Crippen molar-refractivity contribution in [2.75, 3.05) is 26.7 Å². The van der Waals surface area contributed by atoms with Crippen LogP contribution in [0.5, 0.6) is 5.75 Å². The molecule has 1 atom stereocenters. The molecule has 0 aliphatic carbocycles. The van der Waals surface area contributed by atoms with Gasteiger partial charge in [0.25, 0.3) is 0 Å². The van der Waals surface area contributed by atoms with Crippen LogP contribution in [0.15, 0.2) is 42.6 Å². The van der Waals surface area contributed by atoms with Crippen LogP contribution in [-0.2, 0) is 11.2 Å². The summed E-state index contributed by atoms with van der Waals surface area (Å²) in [5.74, 6) is -1.28. The number of rotatable bonds is 11. The minimum Gasteiger partial charge on any atom is -0.497 e. The summed E-state index contributed by atoms with van der Waals surface area (Å²) < 4.78 is 33.2. The van der Waals surface area contributed by atoms with Gasteiger partial charge in [0, 0.05) is 22.7 Å². The van der Waals surface area contributed by atoms with Crippen LogP contribution in [0.4, 0.5) is 8.78 Å². The van der Waals surface area contributed by atoms with Crippen molar-refractivity contribution in [2.24, 2.45) is 5.41 Å². The van der Waals surface area contributed by atoms with Gasteiger partial charge in [-0.25, -0.2) is 8.78 Å². The van der Waals surface area contributed by atoms with Gasteiger partial charge in [-0.05, 0) is 93.9 Å².